The van der Waals surface area contributed by atoms with E-state index in [1.54, 1.807) is 0 Å². The van der Waals surface area contributed by atoms with Gasteiger partial charge in [-0.15, -0.1) is 0 Å². The average Bonchev–Trinajstić information content (AvgIpc) is 2.83. The average molecular weight is 400 g/mol. The molecule has 1 heterocycles. The van der Waals surface area contributed by atoms with E-state index in [4.69, 9.17) is 20.7 Å². The number of nitrogens with two attached hydrogens (primary N) is 1. The van der Waals surface area contributed by atoms with E-state index < -0.39 is 55.2 Å². The van der Waals surface area contributed by atoms with E-state index >= 15 is 0 Å². The zero-order valence-electron chi connectivity index (χ0n) is 13.4. The van der Waals surface area contributed by atoms with Crippen molar-refractivity contribution in [2.24, 2.45) is 5.73 Å². The maximum absolute atomic E-state index is 11.3. The molecule has 0 amide bonds. The predicted octanol–water partition coefficient (Wildman–Crippen LogP) is -1.96. The van der Waals surface area contributed by atoms with Crippen molar-refractivity contribution >= 4 is 33.5 Å². The standard InChI is InChI=1S/C13H24N2O8S2/c14-6(12(19)20)1-3-24-25-4-2-7(13(21)22)15-11-10(18)9(17)8(5-16)23-11/h6-11,15-18H,1-5,14H2,(H,19,20)(H,21,22)/t6?,7-,8+,9+,10+,11?/m0/s1. The van der Waals surface area contributed by atoms with Gasteiger partial charge < -0.3 is 36.0 Å². The fraction of sp³-hybridized carbons (Fsp3) is 0.846. The molecule has 0 spiro atoms. The highest BCUT2D eigenvalue weighted by atomic mass is 33.1. The Hall–Kier alpha value is -0.600. The molecule has 25 heavy (non-hydrogen) atoms. The largest absolute Gasteiger partial charge is 0.480 e. The van der Waals surface area contributed by atoms with Crippen molar-refractivity contribution in [2.45, 2.75) is 49.5 Å². The molecule has 1 aliphatic rings. The summed E-state index contributed by atoms with van der Waals surface area (Å²) in [6.45, 7) is -0.487. The minimum atomic E-state index is -1.33. The lowest BCUT2D eigenvalue weighted by Crippen LogP contribution is -2.49. The highest BCUT2D eigenvalue weighted by molar-refractivity contribution is 8.76. The normalized spacial score (nSPS) is 28.6. The summed E-state index contributed by atoms with van der Waals surface area (Å²) in [7, 11) is 2.79. The number of hydrogen-bond acceptors (Lipinski definition) is 10. The van der Waals surface area contributed by atoms with Gasteiger partial charge in [-0.3, -0.25) is 14.9 Å². The number of aliphatic hydroxyl groups is 3. The molecule has 6 atom stereocenters. The van der Waals surface area contributed by atoms with E-state index in [1.807, 2.05) is 0 Å². The zero-order valence-corrected chi connectivity index (χ0v) is 15.0. The van der Waals surface area contributed by atoms with Gasteiger partial charge in [-0.05, 0) is 12.8 Å². The molecule has 12 heteroatoms. The Morgan fingerprint density at radius 2 is 1.68 bits per heavy atom. The van der Waals surface area contributed by atoms with Crippen molar-refractivity contribution in [1.82, 2.24) is 5.32 Å². The summed E-state index contributed by atoms with van der Waals surface area (Å²) in [5, 5.41) is 49.0. The Labute approximate surface area is 152 Å². The molecule has 0 aromatic carbocycles. The van der Waals surface area contributed by atoms with Crippen LogP contribution in [-0.4, -0.2) is 92.2 Å². The molecule has 0 aromatic rings. The van der Waals surface area contributed by atoms with Crippen LogP contribution < -0.4 is 11.1 Å². The van der Waals surface area contributed by atoms with E-state index in [1.165, 1.54) is 21.6 Å². The summed E-state index contributed by atoms with van der Waals surface area (Å²) in [5.74, 6) is -1.19. The lowest BCUT2D eigenvalue weighted by atomic mass is 10.1. The van der Waals surface area contributed by atoms with Crippen LogP contribution in [0.1, 0.15) is 12.8 Å². The number of hydrogen-bond donors (Lipinski definition) is 7. The Bertz CT molecular complexity index is 444. The lowest BCUT2D eigenvalue weighted by molar-refractivity contribution is -0.141. The molecule has 1 aliphatic heterocycles. The summed E-state index contributed by atoms with van der Waals surface area (Å²) in [4.78, 5) is 21.9. The van der Waals surface area contributed by atoms with Crippen molar-refractivity contribution < 1.29 is 39.9 Å². The molecule has 0 radical (unpaired) electrons. The van der Waals surface area contributed by atoms with Gasteiger partial charge in [0.15, 0.2) is 0 Å². The summed E-state index contributed by atoms with van der Waals surface area (Å²) in [5.41, 5.74) is 5.37. The quantitative estimate of drug-likeness (QED) is 0.142. The predicted molar refractivity (Wildman–Crippen MR) is 92.1 cm³/mol. The van der Waals surface area contributed by atoms with Crippen LogP contribution in [0, 0.1) is 0 Å². The third-order valence-corrected chi connectivity index (χ3v) is 6.08. The maximum atomic E-state index is 11.3. The van der Waals surface area contributed by atoms with E-state index in [9.17, 15) is 24.9 Å². The number of carboxylic acids is 2. The van der Waals surface area contributed by atoms with Gasteiger partial charge in [0, 0.05) is 11.5 Å². The van der Waals surface area contributed by atoms with Crippen LogP contribution in [-0.2, 0) is 14.3 Å². The zero-order chi connectivity index (χ0) is 19.0. The first-order valence-corrected chi connectivity index (χ1v) is 10.1. The molecule has 0 aliphatic carbocycles. The number of aliphatic carboxylic acids is 2. The Morgan fingerprint density at radius 3 is 2.16 bits per heavy atom. The smallest absolute Gasteiger partial charge is 0.320 e. The molecule has 0 bridgehead atoms. The second-order valence-electron chi connectivity index (χ2n) is 5.48. The van der Waals surface area contributed by atoms with E-state index in [0.29, 0.717) is 17.9 Å². The first-order valence-electron chi connectivity index (χ1n) is 7.62. The van der Waals surface area contributed by atoms with Crippen LogP contribution in [0.25, 0.3) is 0 Å². The number of rotatable bonds is 12. The molecule has 10 nitrogen and oxygen atoms in total. The number of nitrogens with one attached hydrogen (secondary N) is 1. The van der Waals surface area contributed by atoms with E-state index in [-0.39, 0.29) is 6.42 Å². The molecule has 1 fully saturated rings. The van der Waals surface area contributed by atoms with Crippen LogP contribution in [0.2, 0.25) is 0 Å². The summed E-state index contributed by atoms with van der Waals surface area (Å²) in [6.07, 6.45) is -4.13. The van der Waals surface area contributed by atoms with Crippen LogP contribution in [0.15, 0.2) is 0 Å². The number of ether oxygens (including phenoxy) is 1. The van der Waals surface area contributed by atoms with Gasteiger partial charge in [0.25, 0.3) is 0 Å². The molecule has 0 aromatic heterocycles. The molecule has 2 unspecified atom stereocenters. The molecule has 8 N–H and O–H groups in total. The second kappa shape index (κ2) is 11.2. The Morgan fingerprint density at radius 1 is 1.08 bits per heavy atom. The van der Waals surface area contributed by atoms with Gasteiger partial charge in [0.2, 0.25) is 0 Å². The first kappa shape index (κ1) is 22.4. The van der Waals surface area contributed by atoms with Crippen LogP contribution in [0.4, 0.5) is 0 Å². The van der Waals surface area contributed by atoms with Gasteiger partial charge in [-0.25, -0.2) is 0 Å². The third kappa shape index (κ3) is 7.27. The van der Waals surface area contributed by atoms with Gasteiger partial charge in [0.05, 0.1) is 6.61 Å². The molecule has 1 saturated heterocycles. The molecular formula is C13H24N2O8S2. The minimum absolute atomic E-state index is 0.227. The topological polar surface area (TPSA) is 183 Å². The van der Waals surface area contributed by atoms with Crippen molar-refractivity contribution in [2.75, 3.05) is 18.1 Å². The van der Waals surface area contributed by atoms with Gasteiger partial charge >= 0.3 is 11.9 Å². The highest BCUT2D eigenvalue weighted by Crippen LogP contribution is 2.25. The summed E-state index contributed by atoms with van der Waals surface area (Å²) >= 11 is 0. The van der Waals surface area contributed by atoms with Crippen molar-refractivity contribution in [3.8, 4) is 0 Å². The van der Waals surface area contributed by atoms with Crippen molar-refractivity contribution in [3.05, 3.63) is 0 Å². The molecule has 146 valence electrons. The third-order valence-electron chi connectivity index (χ3n) is 3.61. The number of carboxylic acid groups (broad SMARTS) is 2. The Balaban J connectivity index is 2.31. The first-order chi connectivity index (χ1) is 11.8. The number of carbonyl (C=O) groups is 2. The lowest BCUT2D eigenvalue weighted by Gasteiger charge is -2.21. The maximum Gasteiger partial charge on any atom is 0.320 e. The van der Waals surface area contributed by atoms with Crippen LogP contribution in [0.3, 0.4) is 0 Å². The molecule has 1 rings (SSSR count). The van der Waals surface area contributed by atoms with Crippen LogP contribution >= 0.6 is 21.6 Å². The highest BCUT2D eigenvalue weighted by Gasteiger charge is 2.43. The summed E-state index contributed by atoms with van der Waals surface area (Å²) < 4.78 is 5.20. The SMILES string of the molecule is NC(CCSSCC[C@H](NC1O[C@H](CO)[C@@H](O)[C@H]1O)C(=O)O)C(=O)O. The van der Waals surface area contributed by atoms with Gasteiger partial charge in [-0.2, -0.15) is 0 Å². The van der Waals surface area contributed by atoms with Crippen molar-refractivity contribution in [1.29, 1.82) is 0 Å². The van der Waals surface area contributed by atoms with Gasteiger partial charge in [-0.1, -0.05) is 21.6 Å². The fourth-order valence-electron chi connectivity index (χ4n) is 2.10. The fourth-order valence-corrected chi connectivity index (χ4v) is 4.30. The number of aliphatic hydroxyl groups excluding tert-OH is 3. The molecular weight excluding hydrogens is 376 g/mol. The van der Waals surface area contributed by atoms with Gasteiger partial charge in [0.1, 0.15) is 36.6 Å². The van der Waals surface area contributed by atoms with Crippen molar-refractivity contribution in [3.63, 3.8) is 0 Å². The molecule has 0 saturated carbocycles. The van der Waals surface area contributed by atoms with E-state index in [2.05, 4.69) is 5.32 Å². The minimum Gasteiger partial charge on any atom is -0.480 e. The second-order valence-corrected chi connectivity index (χ2v) is 8.18. The van der Waals surface area contributed by atoms with E-state index in [0.717, 1.165) is 0 Å². The van der Waals surface area contributed by atoms with Crippen LogP contribution in [0.5, 0.6) is 0 Å². The monoisotopic (exact) mass is 400 g/mol. The summed E-state index contributed by atoms with van der Waals surface area (Å²) in [6, 6.07) is -1.91. The Kier molecular flexibility index (Phi) is 10.0.